The van der Waals surface area contributed by atoms with Gasteiger partial charge < -0.3 is 19.9 Å². The molecule has 2 N–H and O–H groups in total. The number of likely N-dealkylation sites (tertiary alicyclic amines) is 1. The van der Waals surface area contributed by atoms with Gasteiger partial charge in [0.05, 0.1) is 6.61 Å². The molecular formula is C19H29N5O3. The van der Waals surface area contributed by atoms with Crippen LogP contribution >= 0.6 is 0 Å². The van der Waals surface area contributed by atoms with E-state index < -0.39 is 5.41 Å². The Morgan fingerprint density at radius 3 is 3.04 bits per heavy atom. The van der Waals surface area contributed by atoms with E-state index in [-0.39, 0.29) is 17.9 Å². The van der Waals surface area contributed by atoms with Gasteiger partial charge in [-0.1, -0.05) is 0 Å². The lowest BCUT2D eigenvalue weighted by atomic mass is 9.70. The minimum absolute atomic E-state index is 0.0736. The zero-order valence-corrected chi connectivity index (χ0v) is 16.2. The fraction of sp³-hybridized carbons (Fsp3) is 0.737. The summed E-state index contributed by atoms with van der Waals surface area (Å²) in [4.78, 5) is 30.2. The maximum absolute atomic E-state index is 13.3. The first-order valence-corrected chi connectivity index (χ1v) is 9.99. The van der Waals surface area contributed by atoms with E-state index in [2.05, 4.69) is 27.5 Å². The summed E-state index contributed by atoms with van der Waals surface area (Å²) in [7, 11) is 2.05. The summed E-state index contributed by atoms with van der Waals surface area (Å²) >= 11 is 0. The first-order chi connectivity index (χ1) is 13.0. The van der Waals surface area contributed by atoms with Crippen LogP contribution in [0.1, 0.15) is 47.9 Å². The lowest BCUT2D eigenvalue weighted by Gasteiger charge is -2.49. The molecule has 1 aromatic rings. The number of hydrogen-bond acceptors (Lipinski definition) is 6. The van der Waals surface area contributed by atoms with E-state index in [1.165, 1.54) is 0 Å². The molecule has 0 spiro atoms. The number of nitrogens with one attached hydrogen (secondary N) is 2. The minimum Gasteiger partial charge on any atom is -0.465 e. The molecule has 4 heterocycles. The van der Waals surface area contributed by atoms with Crippen LogP contribution in [0.3, 0.4) is 0 Å². The van der Waals surface area contributed by atoms with Crippen LogP contribution in [0.25, 0.3) is 0 Å². The van der Waals surface area contributed by atoms with E-state index in [0.29, 0.717) is 25.4 Å². The second kappa shape index (κ2) is 7.24. The summed E-state index contributed by atoms with van der Waals surface area (Å²) in [5, 5.41) is 10.9. The highest BCUT2D eigenvalue weighted by molar-refractivity contribution is 5.94. The fourth-order valence-electron chi connectivity index (χ4n) is 4.84. The molecular weight excluding hydrogens is 346 g/mol. The number of piperidine rings is 2. The number of fused-ring (bicyclic) bond motifs is 2. The summed E-state index contributed by atoms with van der Waals surface area (Å²) in [5.41, 5.74) is 1.93. The molecule has 0 aromatic carbocycles. The number of aromatic amines is 1. The summed E-state index contributed by atoms with van der Waals surface area (Å²) < 4.78 is 5.42. The molecule has 0 radical (unpaired) electrons. The van der Waals surface area contributed by atoms with Crippen molar-refractivity contribution < 1.29 is 14.3 Å². The number of rotatable bonds is 3. The molecule has 0 bridgehead atoms. The van der Waals surface area contributed by atoms with Crippen molar-refractivity contribution in [1.82, 2.24) is 25.3 Å². The van der Waals surface area contributed by atoms with Crippen molar-refractivity contribution in [2.45, 2.75) is 45.2 Å². The van der Waals surface area contributed by atoms with Crippen LogP contribution in [0.2, 0.25) is 0 Å². The zero-order chi connectivity index (χ0) is 19.0. The van der Waals surface area contributed by atoms with Gasteiger partial charge in [-0.2, -0.15) is 5.10 Å². The number of likely N-dealkylation sites (N-methyl/N-ethyl adjacent to an activating group) is 1. The molecule has 8 heteroatoms. The van der Waals surface area contributed by atoms with Gasteiger partial charge in [0, 0.05) is 49.9 Å². The largest absolute Gasteiger partial charge is 0.465 e. The molecule has 2 saturated heterocycles. The van der Waals surface area contributed by atoms with Gasteiger partial charge in [0.2, 0.25) is 0 Å². The van der Waals surface area contributed by atoms with Crippen LogP contribution < -0.4 is 5.32 Å². The highest BCUT2D eigenvalue weighted by Gasteiger charge is 2.52. The van der Waals surface area contributed by atoms with E-state index in [9.17, 15) is 9.59 Å². The smallest absolute Gasteiger partial charge is 0.315 e. The van der Waals surface area contributed by atoms with Crippen molar-refractivity contribution in [1.29, 1.82) is 0 Å². The van der Waals surface area contributed by atoms with Gasteiger partial charge in [-0.3, -0.25) is 14.7 Å². The van der Waals surface area contributed by atoms with E-state index in [1.807, 2.05) is 11.8 Å². The van der Waals surface area contributed by atoms with Crippen LogP contribution in [-0.2, 0) is 22.5 Å². The third-order valence-corrected chi connectivity index (χ3v) is 6.31. The van der Waals surface area contributed by atoms with Gasteiger partial charge in [0.1, 0.15) is 5.41 Å². The number of hydrogen-bond donors (Lipinski definition) is 2. The molecule has 0 saturated carbocycles. The average molecular weight is 375 g/mol. The normalized spacial score (nSPS) is 28.4. The maximum atomic E-state index is 13.3. The SMILES string of the molecule is CCOC(=O)[C@@]12CCCN[C@H]1CCN(C(=O)c1n[nH]c3c1CN(C)CC3)C2. The monoisotopic (exact) mass is 375 g/mol. The Labute approximate surface area is 159 Å². The quantitative estimate of drug-likeness (QED) is 0.750. The van der Waals surface area contributed by atoms with E-state index in [0.717, 1.165) is 56.6 Å². The van der Waals surface area contributed by atoms with Crippen molar-refractivity contribution in [3.63, 3.8) is 0 Å². The van der Waals surface area contributed by atoms with E-state index in [4.69, 9.17) is 4.74 Å². The van der Waals surface area contributed by atoms with E-state index >= 15 is 0 Å². The average Bonchev–Trinajstić information content (AvgIpc) is 3.10. The zero-order valence-electron chi connectivity index (χ0n) is 16.2. The molecule has 0 aliphatic carbocycles. The molecule has 2 atom stereocenters. The molecule has 3 aliphatic heterocycles. The van der Waals surface area contributed by atoms with Crippen molar-refractivity contribution in [3.05, 3.63) is 17.0 Å². The van der Waals surface area contributed by atoms with Gasteiger partial charge in [0.25, 0.3) is 5.91 Å². The van der Waals surface area contributed by atoms with Crippen molar-refractivity contribution in [3.8, 4) is 0 Å². The number of ether oxygens (including phenoxy) is 1. The lowest BCUT2D eigenvalue weighted by Crippen LogP contribution is -2.64. The Bertz CT molecular complexity index is 733. The third-order valence-electron chi connectivity index (χ3n) is 6.31. The Balaban J connectivity index is 1.59. The molecule has 1 aromatic heterocycles. The van der Waals surface area contributed by atoms with Gasteiger partial charge in [-0.15, -0.1) is 0 Å². The molecule has 27 heavy (non-hydrogen) atoms. The van der Waals surface area contributed by atoms with Crippen molar-refractivity contribution >= 4 is 11.9 Å². The Hall–Kier alpha value is -1.93. The molecule has 1 amide bonds. The number of esters is 1. The van der Waals surface area contributed by atoms with Gasteiger partial charge >= 0.3 is 5.97 Å². The number of H-pyrrole nitrogens is 1. The Kier molecular flexibility index (Phi) is 4.94. The Morgan fingerprint density at radius 2 is 2.22 bits per heavy atom. The summed E-state index contributed by atoms with van der Waals surface area (Å²) in [6.07, 6.45) is 3.32. The first-order valence-electron chi connectivity index (χ1n) is 9.99. The van der Waals surface area contributed by atoms with Crippen LogP contribution in [0.4, 0.5) is 0 Å². The number of aromatic nitrogens is 2. The summed E-state index contributed by atoms with van der Waals surface area (Å²) in [6.45, 7) is 5.84. The van der Waals surface area contributed by atoms with Gasteiger partial charge in [-0.05, 0) is 39.8 Å². The van der Waals surface area contributed by atoms with Gasteiger partial charge in [0.15, 0.2) is 5.69 Å². The van der Waals surface area contributed by atoms with Crippen LogP contribution in [0.5, 0.6) is 0 Å². The molecule has 8 nitrogen and oxygen atoms in total. The number of amides is 1. The summed E-state index contributed by atoms with van der Waals surface area (Å²) in [6, 6.07) is 0.0774. The fourth-order valence-corrected chi connectivity index (χ4v) is 4.84. The second-order valence-electron chi connectivity index (χ2n) is 8.02. The van der Waals surface area contributed by atoms with Crippen molar-refractivity contribution in [2.24, 2.45) is 5.41 Å². The predicted molar refractivity (Wildman–Crippen MR) is 99.2 cm³/mol. The van der Waals surface area contributed by atoms with E-state index in [1.54, 1.807) is 0 Å². The summed E-state index contributed by atoms with van der Waals surface area (Å²) in [5.74, 6) is -0.251. The molecule has 3 aliphatic rings. The van der Waals surface area contributed by atoms with Crippen LogP contribution in [0, 0.1) is 5.41 Å². The Morgan fingerprint density at radius 1 is 1.37 bits per heavy atom. The highest BCUT2D eigenvalue weighted by Crippen LogP contribution is 2.39. The number of carbonyl (C=O) groups excluding carboxylic acids is 2. The molecule has 2 fully saturated rings. The third kappa shape index (κ3) is 3.14. The molecule has 0 unspecified atom stereocenters. The second-order valence-corrected chi connectivity index (χ2v) is 8.02. The van der Waals surface area contributed by atoms with Crippen molar-refractivity contribution in [2.75, 3.05) is 39.8 Å². The van der Waals surface area contributed by atoms with Crippen LogP contribution in [-0.4, -0.2) is 77.7 Å². The lowest BCUT2D eigenvalue weighted by molar-refractivity contribution is -0.162. The molecule has 4 rings (SSSR count). The highest BCUT2D eigenvalue weighted by atomic mass is 16.5. The number of nitrogens with zero attached hydrogens (tertiary/aromatic N) is 3. The topological polar surface area (TPSA) is 90.6 Å². The van der Waals surface area contributed by atoms with Crippen LogP contribution in [0.15, 0.2) is 0 Å². The molecule has 148 valence electrons. The maximum Gasteiger partial charge on any atom is 0.315 e. The predicted octanol–water partition coefficient (Wildman–Crippen LogP) is 0.545. The first kappa shape index (κ1) is 18.4. The van der Waals surface area contributed by atoms with Gasteiger partial charge in [-0.25, -0.2) is 0 Å². The standard InChI is InChI=1S/C19H29N5O3/c1-3-27-18(26)19-7-4-8-20-15(19)6-10-24(12-19)17(25)16-13-11-23(2)9-5-14(13)21-22-16/h15,20H,3-12H2,1-2H3,(H,21,22)/t15-,19+/m0/s1. The minimum atomic E-state index is -0.644. The number of carbonyl (C=O) groups is 2.